The lowest BCUT2D eigenvalue weighted by molar-refractivity contribution is -0.111. The van der Waals surface area contributed by atoms with Crippen molar-refractivity contribution in [1.82, 2.24) is 10.3 Å². The van der Waals surface area contributed by atoms with Gasteiger partial charge in [-0.25, -0.2) is 0 Å². The number of aromatic nitrogens is 1. The first-order valence-electron chi connectivity index (χ1n) is 6.38. The van der Waals surface area contributed by atoms with Gasteiger partial charge < -0.3 is 10.1 Å². The maximum Gasteiger partial charge on any atom is 0.251 e. The summed E-state index contributed by atoms with van der Waals surface area (Å²) in [7, 11) is 0. The number of nitrogens with one attached hydrogen (secondary N) is 1. The summed E-state index contributed by atoms with van der Waals surface area (Å²) in [6.07, 6.45) is 4.39. The second-order valence-electron chi connectivity index (χ2n) is 5.26. The first kappa shape index (κ1) is 13.0. The minimum Gasteiger partial charge on any atom is -0.378 e. The number of ether oxygens (including phenoxy) is 1. The van der Waals surface area contributed by atoms with Gasteiger partial charge in [-0.15, -0.1) is 0 Å². The average Bonchev–Trinajstić information content (AvgIpc) is 2.38. The van der Waals surface area contributed by atoms with Crippen molar-refractivity contribution in [3.8, 4) is 0 Å². The van der Waals surface area contributed by atoms with Gasteiger partial charge in [0.15, 0.2) is 0 Å². The number of nitrogens with zero attached hydrogens (tertiary/aromatic N) is 1. The highest BCUT2D eigenvalue weighted by molar-refractivity contribution is 5.94. The normalized spacial score (nSPS) is 25.3. The van der Waals surface area contributed by atoms with Crippen LogP contribution in [0.3, 0.4) is 0 Å². The third-order valence-electron chi connectivity index (χ3n) is 3.79. The Labute approximate surface area is 108 Å². The van der Waals surface area contributed by atoms with Gasteiger partial charge in [-0.2, -0.15) is 0 Å². The minimum atomic E-state index is -0.0366. The highest BCUT2D eigenvalue weighted by Gasteiger charge is 2.49. The second kappa shape index (κ2) is 5.06. The van der Waals surface area contributed by atoms with E-state index in [1.807, 2.05) is 6.92 Å². The van der Waals surface area contributed by atoms with Crippen molar-refractivity contribution in [3.05, 3.63) is 30.1 Å². The molecule has 1 heterocycles. The summed E-state index contributed by atoms with van der Waals surface area (Å²) >= 11 is 0. The van der Waals surface area contributed by atoms with Crippen LogP contribution in [0.5, 0.6) is 0 Å². The van der Waals surface area contributed by atoms with Gasteiger partial charge in [0, 0.05) is 36.0 Å². The summed E-state index contributed by atoms with van der Waals surface area (Å²) < 4.78 is 5.65. The summed E-state index contributed by atoms with van der Waals surface area (Å²) in [6, 6.07) is 3.62. The van der Waals surface area contributed by atoms with E-state index >= 15 is 0 Å². The highest BCUT2D eigenvalue weighted by atomic mass is 16.5. The molecule has 4 heteroatoms. The lowest BCUT2D eigenvalue weighted by atomic mass is 9.64. The van der Waals surface area contributed by atoms with Crippen LogP contribution in [0.15, 0.2) is 24.5 Å². The van der Waals surface area contributed by atoms with Gasteiger partial charge in [-0.3, -0.25) is 9.78 Å². The van der Waals surface area contributed by atoms with E-state index in [9.17, 15) is 4.79 Å². The van der Waals surface area contributed by atoms with Gasteiger partial charge in [0.05, 0.1) is 6.10 Å². The molecule has 0 aromatic carbocycles. The summed E-state index contributed by atoms with van der Waals surface area (Å²) in [5, 5.41) is 3.06. The highest BCUT2D eigenvalue weighted by Crippen LogP contribution is 2.42. The van der Waals surface area contributed by atoms with Gasteiger partial charge in [-0.05, 0) is 25.5 Å². The molecule has 2 rings (SSSR count). The first-order valence-corrected chi connectivity index (χ1v) is 6.38. The van der Waals surface area contributed by atoms with Crippen LogP contribution in [0.4, 0.5) is 0 Å². The molecule has 1 N–H and O–H groups in total. The molecule has 2 atom stereocenters. The topological polar surface area (TPSA) is 51.2 Å². The van der Waals surface area contributed by atoms with E-state index in [1.54, 1.807) is 24.5 Å². The first-order chi connectivity index (χ1) is 8.55. The van der Waals surface area contributed by atoms with Crippen molar-refractivity contribution in [2.45, 2.75) is 39.3 Å². The van der Waals surface area contributed by atoms with Crippen LogP contribution in [0.25, 0.3) is 0 Å². The van der Waals surface area contributed by atoms with Gasteiger partial charge in [0.1, 0.15) is 0 Å². The summed E-state index contributed by atoms with van der Waals surface area (Å²) in [5.41, 5.74) is 0.652. The number of carbonyl (C=O) groups excluding carboxylic acids is 1. The largest absolute Gasteiger partial charge is 0.378 e. The zero-order valence-electron chi connectivity index (χ0n) is 11.1. The van der Waals surface area contributed by atoms with Gasteiger partial charge in [0.2, 0.25) is 0 Å². The van der Waals surface area contributed by atoms with Crippen LogP contribution in [0, 0.1) is 5.41 Å². The van der Waals surface area contributed by atoms with E-state index in [4.69, 9.17) is 4.74 Å². The lowest BCUT2D eigenvalue weighted by Gasteiger charge is -2.51. The molecule has 0 spiro atoms. The molecule has 1 aromatic heterocycles. The van der Waals surface area contributed by atoms with Crippen LogP contribution in [-0.4, -0.2) is 29.6 Å². The van der Waals surface area contributed by atoms with Crippen LogP contribution < -0.4 is 5.32 Å². The molecule has 0 radical (unpaired) electrons. The third kappa shape index (κ3) is 2.38. The number of hydrogen-bond acceptors (Lipinski definition) is 3. The van der Waals surface area contributed by atoms with Crippen molar-refractivity contribution in [2.24, 2.45) is 5.41 Å². The smallest absolute Gasteiger partial charge is 0.251 e. The van der Waals surface area contributed by atoms with E-state index in [2.05, 4.69) is 24.1 Å². The molecule has 4 nitrogen and oxygen atoms in total. The molecule has 0 saturated heterocycles. The third-order valence-corrected chi connectivity index (χ3v) is 3.79. The molecule has 1 saturated carbocycles. The number of hydrogen-bond donors (Lipinski definition) is 1. The molecule has 0 aliphatic heterocycles. The van der Waals surface area contributed by atoms with Crippen LogP contribution in [-0.2, 0) is 4.74 Å². The molecule has 98 valence electrons. The second-order valence-corrected chi connectivity index (χ2v) is 5.26. The van der Waals surface area contributed by atoms with Crippen molar-refractivity contribution < 1.29 is 9.53 Å². The Kier molecular flexibility index (Phi) is 3.66. The van der Waals surface area contributed by atoms with Crippen molar-refractivity contribution in [3.63, 3.8) is 0 Å². The van der Waals surface area contributed by atoms with Crippen LogP contribution >= 0.6 is 0 Å². The van der Waals surface area contributed by atoms with Crippen molar-refractivity contribution in [2.75, 3.05) is 6.61 Å². The predicted molar refractivity (Wildman–Crippen MR) is 69.3 cm³/mol. The standard InChI is InChI=1S/C14H20N2O2/c1-4-18-12-9-11(14(12,2)3)16-13(17)10-5-7-15-8-6-10/h5-8,11-12H,4,9H2,1-3H3,(H,16,17)/t11-,12-/m1/s1. The SMILES string of the molecule is CCO[C@@H]1C[C@@H](NC(=O)c2ccncc2)C1(C)C. The Morgan fingerprint density at radius 3 is 2.72 bits per heavy atom. The van der Waals surface area contributed by atoms with Gasteiger partial charge in [0.25, 0.3) is 5.91 Å². The fraction of sp³-hybridized carbons (Fsp3) is 0.571. The molecule has 1 aliphatic rings. The fourth-order valence-electron chi connectivity index (χ4n) is 2.36. The quantitative estimate of drug-likeness (QED) is 0.886. The summed E-state index contributed by atoms with van der Waals surface area (Å²) in [6.45, 7) is 6.99. The zero-order chi connectivity index (χ0) is 13.2. The van der Waals surface area contributed by atoms with Crippen molar-refractivity contribution in [1.29, 1.82) is 0 Å². The molecule has 1 aliphatic carbocycles. The number of rotatable bonds is 4. The van der Waals surface area contributed by atoms with Crippen molar-refractivity contribution >= 4 is 5.91 Å². The number of amides is 1. The predicted octanol–water partition coefficient (Wildman–Crippen LogP) is 2.02. The molecule has 18 heavy (non-hydrogen) atoms. The molecule has 1 fully saturated rings. The Balaban J connectivity index is 1.94. The molecular weight excluding hydrogens is 228 g/mol. The number of carbonyl (C=O) groups is 1. The molecule has 0 unspecified atom stereocenters. The molecular formula is C14H20N2O2. The molecule has 1 aromatic rings. The molecule has 1 amide bonds. The minimum absolute atomic E-state index is 0.00129. The summed E-state index contributed by atoms with van der Waals surface area (Å²) in [5.74, 6) is -0.0366. The van der Waals surface area contributed by atoms with Gasteiger partial charge in [-0.1, -0.05) is 13.8 Å². The fourth-order valence-corrected chi connectivity index (χ4v) is 2.36. The Morgan fingerprint density at radius 2 is 2.17 bits per heavy atom. The van der Waals surface area contributed by atoms with E-state index in [0.717, 1.165) is 13.0 Å². The zero-order valence-corrected chi connectivity index (χ0v) is 11.1. The van der Waals surface area contributed by atoms with Crippen LogP contribution in [0.1, 0.15) is 37.6 Å². The van der Waals surface area contributed by atoms with E-state index < -0.39 is 0 Å². The summed E-state index contributed by atoms with van der Waals surface area (Å²) in [4.78, 5) is 15.9. The van der Waals surface area contributed by atoms with E-state index in [-0.39, 0.29) is 23.5 Å². The number of pyridine rings is 1. The monoisotopic (exact) mass is 248 g/mol. The average molecular weight is 248 g/mol. The van der Waals surface area contributed by atoms with E-state index in [1.165, 1.54) is 0 Å². The van der Waals surface area contributed by atoms with Crippen LogP contribution in [0.2, 0.25) is 0 Å². The lowest BCUT2D eigenvalue weighted by Crippen LogP contribution is -2.62. The Morgan fingerprint density at radius 1 is 1.50 bits per heavy atom. The van der Waals surface area contributed by atoms with Gasteiger partial charge >= 0.3 is 0 Å². The molecule has 0 bridgehead atoms. The maximum absolute atomic E-state index is 12.0. The maximum atomic E-state index is 12.0. The Hall–Kier alpha value is -1.42. The van der Waals surface area contributed by atoms with E-state index in [0.29, 0.717) is 5.56 Å². The Bertz CT molecular complexity index is 417.